The maximum Gasteiger partial charge on any atom is 0.326 e. The summed E-state index contributed by atoms with van der Waals surface area (Å²) in [6.45, 7) is 2.42. The van der Waals surface area contributed by atoms with E-state index in [4.69, 9.17) is 10.8 Å². The molecule has 0 aliphatic heterocycles. The molecule has 0 bridgehead atoms. The quantitative estimate of drug-likeness (QED) is 0.219. The average Bonchev–Trinajstić information content (AvgIpc) is 2.59. The molecule has 3 amide bonds. The standard InChI is InChI=1S/C15H28N4O6S/c1-8(2)12(14(23)18-10(15(24)25)4-5-26-3)19-11(21)6-17-13(22)9(16)7-20/h8-10,12,20H,4-7,16H2,1-3H3,(H,17,22)(H,18,23)(H,19,21)(H,24,25). The van der Waals surface area contributed by atoms with E-state index in [1.165, 1.54) is 11.8 Å². The summed E-state index contributed by atoms with van der Waals surface area (Å²) in [4.78, 5) is 47.0. The number of nitrogens with one attached hydrogen (secondary N) is 3. The SMILES string of the molecule is CSCCC(NC(=O)C(NC(=O)CNC(=O)C(N)CO)C(C)C)C(=O)O. The Balaban J connectivity index is 4.75. The molecule has 0 aliphatic rings. The molecule has 0 spiro atoms. The van der Waals surface area contributed by atoms with Crippen LogP contribution in [0, 0.1) is 5.92 Å². The van der Waals surface area contributed by atoms with Gasteiger partial charge in [0.05, 0.1) is 13.2 Å². The normalized spacial score (nSPS) is 14.2. The Morgan fingerprint density at radius 2 is 1.73 bits per heavy atom. The highest BCUT2D eigenvalue weighted by atomic mass is 32.2. The molecular formula is C15H28N4O6S. The summed E-state index contributed by atoms with van der Waals surface area (Å²) < 4.78 is 0. The van der Waals surface area contributed by atoms with Gasteiger partial charge in [-0.3, -0.25) is 14.4 Å². The molecule has 0 saturated heterocycles. The van der Waals surface area contributed by atoms with E-state index < -0.39 is 55.0 Å². The van der Waals surface area contributed by atoms with Crippen LogP contribution in [0.15, 0.2) is 0 Å². The molecule has 0 saturated carbocycles. The van der Waals surface area contributed by atoms with E-state index in [0.717, 1.165) is 0 Å². The Labute approximate surface area is 156 Å². The molecule has 0 aromatic carbocycles. The van der Waals surface area contributed by atoms with Crippen molar-refractivity contribution in [2.75, 3.05) is 25.2 Å². The van der Waals surface area contributed by atoms with Gasteiger partial charge in [0.15, 0.2) is 0 Å². The lowest BCUT2D eigenvalue weighted by atomic mass is 10.0. The minimum atomic E-state index is -1.15. The third-order valence-corrected chi connectivity index (χ3v) is 4.09. The first-order chi connectivity index (χ1) is 12.1. The second-order valence-corrected chi connectivity index (χ2v) is 6.96. The number of hydrogen-bond acceptors (Lipinski definition) is 7. The Morgan fingerprint density at radius 1 is 1.12 bits per heavy atom. The number of amides is 3. The Hall–Kier alpha value is -1.85. The summed E-state index contributed by atoms with van der Waals surface area (Å²) in [6, 6.07) is -3.14. The van der Waals surface area contributed by atoms with Crippen LogP contribution < -0.4 is 21.7 Å². The molecule has 0 aromatic heterocycles. The Bertz CT molecular complexity index is 503. The third kappa shape index (κ3) is 9.02. The summed E-state index contributed by atoms with van der Waals surface area (Å²) in [5.41, 5.74) is 5.31. The molecule has 10 nitrogen and oxygen atoms in total. The molecule has 0 aromatic rings. The Morgan fingerprint density at radius 3 is 2.19 bits per heavy atom. The predicted octanol–water partition coefficient (Wildman–Crippen LogP) is -2.11. The number of nitrogens with two attached hydrogens (primary N) is 1. The molecule has 11 heteroatoms. The zero-order valence-corrected chi connectivity index (χ0v) is 16.0. The van der Waals surface area contributed by atoms with Gasteiger partial charge < -0.3 is 31.9 Å². The summed E-state index contributed by atoms with van der Waals surface area (Å²) in [5, 5.41) is 25.1. The zero-order valence-electron chi connectivity index (χ0n) is 15.2. The monoisotopic (exact) mass is 392 g/mol. The van der Waals surface area contributed by atoms with Crippen molar-refractivity contribution in [3.05, 3.63) is 0 Å². The van der Waals surface area contributed by atoms with Crippen LogP contribution in [0.5, 0.6) is 0 Å². The van der Waals surface area contributed by atoms with E-state index in [-0.39, 0.29) is 12.3 Å². The van der Waals surface area contributed by atoms with Gasteiger partial charge in [-0.05, 0) is 24.3 Å². The lowest BCUT2D eigenvalue weighted by Crippen LogP contribution is -2.55. The predicted molar refractivity (Wildman–Crippen MR) is 97.4 cm³/mol. The fourth-order valence-electron chi connectivity index (χ4n) is 1.90. The molecule has 26 heavy (non-hydrogen) atoms. The average molecular weight is 392 g/mol. The number of carbonyl (C=O) groups excluding carboxylic acids is 3. The van der Waals surface area contributed by atoms with Crippen LogP contribution in [-0.2, 0) is 19.2 Å². The van der Waals surface area contributed by atoms with Crippen LogP contribution in [0.25, 0.3) is 0 Å². The van der Waals surface area contributed by atoms with Crippen molar-refractivity contribution in [1.82, 2.24) is 16.0 Å². The molecule has 0 aliphatic carbocycles. The number of aliphatic hydroxyl groups excluding tert-OH is 1. The van der Waals surface area contributed by atoms with Gasteiger partial charge in [0.25, 0.3) is 0 Å². The van der Waals surface area contributed by atoms with Gasteiger partial charge in [0.2, 0.25) is 17.7 Å². The van der Waals surface area contributed by atoms with Crippen molar-refractivity contribution in [3.63, 3.8) is 0 Å². The first-order valence-corrected chi connectivity index (χ1v) is 9.49. The van der Waals surface area contributed by atoms with E-state index >= 15 is 0 Å². The summed E-state index contributed by atoms with van der Waals surface area (Å²) in [6.07, 6.45) is 2.09. The largest absolute Gasteiger partial charge is 0.480 e. The van der Waals surface area contributed by atoms with Crippen molar-refractivity contribution >= 4 is 35.5 Å². The number of rotatable bonds is 12. The topological polar surface area (TPSA) is 171 Å². The number of aliphatic carboxylic acids is 1. The molecule has 0 rings (SSSR count). The number of hydrogen-bond donors (Lipinski definition) is 6. The molecule has 3 unspecified atom stereocenters. The summed E-state index contributed by atoms with van der Waals surface area (Å²) in [7, 11) is 0. The second-order valence-electron chi connectivity index (χ2n) is 5.98. The van der Waals surface area contributed by atoms with Crippen molar-refractivity contribution < 1.29 is 29.4 Å². The van der Waals surface area contributed by atoms with Crippen LogP contribution in [0.2, 0.25) is 0 Å². The van der Waals surface area contributed by atoms with Gasteiger partial charge in [-0.2, -0.15) is 11.8 Å². The van der Waals surface area contributed by atoms with Crippen LogP contribution in [0.3, 0.4) is 0 Å². The van der Waals surface area contributed by atoms with Crippen LogP contribution in [0.1, 0.15) is 20.3 Å². The lowest BCUT2D eigenvalue weighted by Gasteiger charge is -2.24. The van der Waals surface area contributed by atoms with Crippen LogP contribution in [0.4, 0.5) is 0 Å². The van der Waals surface area contributed by atoms with Crippen molar-refractivity contribution in [3.8, 4) is 0 Å². The fourth-order valence-corrected chi connectivity index (χ4v) is 2.37. The maximum atomic E-state index is 12.4. The highest BCUT2D eigenvalue weighted by Crippen LogP contribution is 2.05. The van der Waals surface area contributed by atoms with Crippen LogP contribution >= 0.6 is 11.8 Å². The number of carboxylic acid groups (broad SMARTS) is 1. The van der Waals surface area contributed by atoms with E-state index in [2.05, 4.69) is 16.0 Å². The summed E-state index contributed by atoms with van der Waals surface area (Å²) in [5.74, 6) is -2.83. The minimum absolute atomic E-state index is 0.260. The lowest BCUT2D eigenvalue weighted by molar-refractivity contribution is -0.142. The van der Waals surface area contributed by atoms with Gasteiger partial charge in [-0.25, -0.2) is 4.79 Å². The highest BCUT2D eigenvalue weighted by Gasteiger charge is 2.28. The number of carbonyl (C=O) groups is 4. The van der Waals surface area contributed by atoms with Crippen LogP contribution in [-0.4, -0.2) is 77.2 Å². The van der Waals surface area contributed by atoms with Crippen molar-refractivity contribution in [2.45, 2.75) is 38.4 Å². The van der Waals surface area contributed by atoms with E-state index in [1.807, 2.05) is 6.26 Å². The van der Waals surface area contributed by atoms with Gasteiger partial charge in [-0.1, -0.05) is 13.8 Å². The number of thioether (sulfide) groups is 1. The van der Waals surface area contributed by atoms with Gasteiger partial charge in [-0.15, -0.1) is 0 Å². The van der Waals surface area contributed by atoms with E-state index in [9.17, 15) is 24.3 Å². The minimum Gasteiger partial charge on any atom is -0.480 e. The molecule has 150 valence electrons. The highest BCUT2D eigenvalue weighted by molar-refractivity contribution is 7.98. The molecule has 7 N–H and O–H groups in total. The fraction of sp³-hybridized carbons (Fsp3) is 0.733. The van der Waals surface area contributed by atoms with E-state index in [0.29, 0.717) is 5.75 Å². The molecular weight excluding hydrogens is 364 g/mol. The van der Waals surface area contributed by atoms with Gasteiger partial charge in [0.1, 0.15) is 18.1 Å². The smallest absolute Gasteiger partial charge is 0.326 e. The zero-order chi connectivity index (χ0) is 20.3. The first kappa shape index (κ1) is 24.1. The first-order valence-electron chi connectivity index (χ1n) is 8.09. The molecule has 0 fully saturated rings. The van der Waals surface area contributed by atoms with Crippen molar-refractivity contribution in [1.29, 1.82) is 0 Å². The maximum absolute atomic E-state index is 12.4. The van der Waals surface area contributed by atoms with Crippen molar-refractivity contribution in [2.24, 2.45) is 11.7 Å². The second kappa shape index (κ2) is 12.5. The third-order valence-electron chi connectivity index (χ3n) is 3.45. The molecule has 3 atom stereocenters. The Kier molecular flexibility index (Phi) is 11.6. The molecule has 0 radical (unpaired) electrons. The van der Waals surface area contributed by atoms with E-state index in [1.54, 1.807) is 13.8 Å². The number of carboxylic acids is 1. The van der Waals surface area contributed by atoms with Gasteiger partial charge >= 0.3 is 5.97 Å². The van der Waals surface area contributed by atoms with Gasteiger partial charge in [0, 0.05) is 0 Å². The molecule has 0 heterocycles. The number of aliphatic hydroxyl groups is 1. The summed E-state index contributed by atoms with van der Waals surface area (Å²) >= 11 is 1.46.